The molecular formula is C11H14BBrO. The lowest BCUT2D eigenvalue weighted by molar-refractivity contribution is 0.199. The summed E-state index contributed by atoms with van der Waals surface area (Å²) in [5.74, 6) is 0.825. The zero-order valence-electron chi connectivity index (χ0n) is 8.50. The smallest absolute Gasteiger partial charge is 0.193 e. The molecule has 2 unspecified atom stereocenters. The van der Waals surface area contributed by atoms with Crippen LogP contribution in [0.25, 0.3) is 0 Å². The lowest BCUT2D eigenvalue weighted by Crippen LogP contribution is -2.23. The highest BCUT2D eigenvalue weighted by Gasteiger charge is 2.33. The van der Waals surface area contributed by atoms with E-state index >= 15 is 0 Å². The predicted molar refractivity (Wildman–Crippen MR) is 64.5 cm³/mol. The molecule has 2 atom stereocenters. The number of hydrogen-bond acceptors (Lipinski definition) is 1. The molecule has 0 spiro atoms. The summed E-state index contributed by atoms with van der Waals surface area (Å²) in [7, 11) is 0.803. The van der Waals surface area contributed by atoms with Crippen LogP contribution >= 0.6 is 15.9 Å². The molecule has 0 radical (unpaired) electrons. The van der Waals surface area contributed by atoms with Crippen molar-refractivity contribution in [3.05, 3.63) is 28.2 Å². The molecule has 0 saturated heterocycles. The molecule has 1 N–H and O–H groups in total. The lowest BCUT2D eigenvalue weighted by atomic mass is 9.68. The van der Waals surface area contributed by atoms with Crippen LogP contribution in [0.1, 0.15) is 25.3 Å². The van der Waals surface area contributed by atoms with Crippen molar-refractivity contribution in [1.29, 1.82) is 0 Å². The molecular weight excluding hydrogens is 239 g/mol. The van der Waals surface area contributed by atoms with Gasteiger partial charge in [-0.25, -0.2) is 0 Å². The van der Waals surface area contributed by atoms with E-state index in [-0.39, 0.29) is 6.00 Å². The molecule has 0 saturated carbocycles. The van der Waals surface area contributed by atoms with Crippen LogP contribution in [0.15, 0.2) is 22.7 Å². The summed E-state index contributed by atoms with van der Waals surface area (Å²) in [6.07, 6.45) is 0. The average Bonchev–Trinajstić information content (AvgIpc) is 2.39. The van der Waals surface area contributed by atoms with Crippen LogP contribution < -0.4 is 5.46 Å². The van der Waals surface area contributed by atoms with E-state index in [1.807, 2.05) is 0 Å². The van der Waals surface area contributed by atoms with Gasteiger partial charge in [0.15, 0.2) is 7.28 Å². The summed E-state index contributed by atoms with van der Waals surface area (Å²) in [6.45, 7) is 4.34. The third kappa shape index (κ3) is 1.63. The number of halogens is 1. The topological polar surface area (TPSA) is 20.2 Å². The van der Waals surface area contributed by atoms with Crippen LogP contribution in [-0.2, 0) is 0 Å². The molecule has 1 aromatic carbocycles. The van der Waals surface area contributed by atoms with Crippen LogP contribution in [0.5, 0.6) is 0 Å². The van der Waals surface area contributed by atoms with Crippen molar-refractivity contribution < 1.29 is 5.11 Å². The maximum Gasteiger partial charge on any atom is 0.193 e. The molecule has 0 amide bonds. The molecule has 1 nitrogen and oxygen atoms in total. The summed E-state index contributed by atoms with van der Waals surface area (Å²) in [6, 6.07) is 6.13. The van der Waals surface area contributed by atoms with Crippen LogP contribution in [0, 0.1) is 5.92 Å². The Hall–Kier alpha value is -0.275. The Labute approximate surface area is 93.9 Å². The Balaban J connectivity index is 2.42. The molecule has 1 aliphatic heterocycles. The second-order valence-electron chi connectivity index (χ2n) is 4.38. The first-order chi connectivity index (χ1) is 6.59. The van der Waals surface area contributed by atoms with Gasteiger partial charge < -0.3 is 5.11 Å². The van der Waals surface area contributed by atoms with Gasteiger partial charge in [-0.05, 0) is 17.5 Å². The fourth-order valence-electron chi connectivity index (χ4n) is 2.44. The van der Waals surface area contributed by atoms with Gasteiger partial charge in [-0.2, -0.15) is 0 Å². The predicted octanol–water partition coefficient (Wildman–Crippen LogP) is 1.58. The summed E-state index contributed by atoms with van der Waals surface area (Å²) < 4.78 is 1.10. The number of fused-ring (bicyclic) bond motifs is 1. The fraction of sp³-hybridized carbons (Fsp3) is 0.455. The van der Waals surface area contributed by atoms with Crippen molar-refractivity contribution in [3.8, 4) is 0 Å². The van der Waals surface area contributed by atoms with E-state index in [1.165, 1.54) is 11.0 Å². The van der Waals surface area contributed by atoms with Gasteiger partial charge in [-0.15, -0.1) is 0 Å². The van der Waals surface area contributed by atoms with Crippen LogP contribution in [0.3, 0.4) is 0 Å². The van der Waals surface area contributed by atoms with Crippen LogP contribution in [0.4, 0.5) is 0 Å². The Morgan fingerprint density at radius 2 is 2.14 bits per heavy atom. The average molecular weight is 253 g/mol. The van der Waals surface area contributed by atoms with E-state index in [0.717, 1.165) is 11.8 Å². The van der Waals surface area contributed by atoms with Crippen molar-refractivity contribution in [3.63, 3.8) is 0 Å². The molecule has 0 aliphatic carbocycles. The Morgan fingerprint density at radius 3 is 2.79 bits per heavy atom. The van der Waals surface area contributed by atoms with Crippen LogP contribution in [-0.4, -0.2) is 18.4 Å². The lowest BCUT2D eigenvalue weighted by Gasteiger charge is -2.20. The maximum absolute atomic E-state index is 9.96. The number of rotatable bonds is 1. The molecule has 0 aromatic heterocycles. The molecule has 2 rings (SSSR count). The number of aliphatic hydroxyl groups excluding tert-OH is 1. The number of aliphatic hydroxyl groups is 1. The minimum atomic E-state index is -0.195. The van der Waals surface area contributed by atoms with Gasteiger partial charge in [0.1, 0.15) is 0 Å². The second-order valence-corrected chi connectivity index (χ2v) is 5.30. The highest BCUT2D eigenvalue weighted by molar-refractivity contribution is 9.10. The van der Waals surface area contributed by atoms with Gasteiger partial charge >= 0.3 is 0 Å². The van der Waals surface area contributed by atoms with Crippen molar-refractivity contribution in [1.82, 2.24) is 0 Å². The maximum atomic E-state index is 9.96. The normalized spacial score (nSPS) is 24.9. The summed E-state index contributed by atoms with van der Waals surface area (Å²) >= 11 is 3.46. The zero-order chi connectivity index (χ0) is 10.3. The molecule has 0 fully saturated rings. The van der Waals surface area contributed by atoms with E-state index in [0.29, 0.717) is 11.8 Å². The standard InChI is InChI=1S/C11H14BBrO/c1-6(2)10-8-4-3-7(13)5-9(8)12-11(10)14/h3-6,10-12,14H,1-2H3. The minimum Gasteiger partial charge on any atom is -0.401 e. The van der Waals surface area contributed by atoms with Gasteiger partial charge in [0.05, 0.1) is 0 Å². The number of benzene rings is 1. The van der Waals surface area contributed by atoms with Crippen molar-refractivity contribution in [2.45, 2.75) is 25.8 Å². The Morgan fingerprint density at radius 1 is 1.43 bits per heavy atom. The van der Waals surface area contributed by atoms with E-state index < -0.39 is 0 Å². The van der Waals surface area contributed by atoms with Crippen molar-refractivity contribution in [2.24, 2.45) is 5.92 Å². The summed E-state index contributed by atoms with van der Waals surface area (Å²) in [5.41, 5.74) is 2.63. The largest absolute Gasteiger partial charge is 0.401 e. The van der Waals surface area contributed by atoms with E-state index in [2.05, 4.69) is 48.0 Å². The summed E-state index contributed by atoms with van der Waals surface area (Å²) in [5, 5.41) is 9.96. The van der Waals surface area contributed by atoms with Gasteiger partial charge in [0.25, 0.3) is 0 Å². The highest BCUT2D eigenvalue weighted by Crippen LogP contribution is 2.31. The molecule has 14 heavy (non-hydrogen) atoms. The zero-order valence-corrected chi connectivity index (χ0v) is 10.1. The molecule has 3 heteroatoms. The first-order valence-corrected chi connectivity index (χ1v) is 5.85. The quantitative estimate of drug-likeness (QED) is 0.753. The molecule has 74 valence electrons. The minimum absolute atomic E-state index is 0.195. The summed E-state index contributed by atoms with van der Waals surface area (Å²) in [4.78, 5) is 0. The van der Waals surface area contributed by atoms with E-state index in [1.54, 1.807) is 0 Å². The van der Waals surface area contributed by atoms with Crippen molar-refractivity contribution in [2.75, 3.05) is 0 Å². The molecule has 0 bridgehead atoms. The van der Waals surface area contributed by atoms with Gasteiger partial charge in [0, 0.05) is 16.4 Å². The first-order valence-electron chi connectivity index (χ1n) is 5.06. The SMILES string of the molecule is CC(C)C1c2ccc(Br)cc2BC1O. The molecule has 1 aliphatic rings. The van der Waals surface area contributed by atoms with E-state index in [9.17, 15) is 5.11 Å². The van der Waals surface area contributed by atoms with Gasteiger partial charge in [-0.3, -0.25) is 0 Å². The Bertz CT molecular complexity index is 351. The highest BCUT2D eigenvalue weighted by atomic mass is 79.9. The van der Waals surface area contributed by atoms with E-state index in [4.69, 9.17) is 0 Å². The van der Waals surface area contributed by atoms with Gasteiger partial charge in [0.2, 0.25) is 0 Å². The third-order valence-corrected chi connectivity index (χ3v) is 3.52. The first kappa shape index (κ1) is 10.2. The van der Waals surface area contributed by atoms with Gasteiger partial charge in [-0.1, -0.05) is 47.4 Å². The second kappa shape index (κ2) is 3.71. The third-order valence-electron chi connectivity index (χ3n) is 3.03. The van der Waals surface area contributed by atoms with Crippen molar-refractivity contribution >= 4 is 28.7 Å². The molecule has 1 heterocycles. The number of hydrogen-bond donors (Lipinski definition) is 1. The Kier molecular flexibility index (Phi) is 2.71. The molecule has 1 aromatic rings. The van der Waals surface area contributed by atoms with Crippen LogP contribution in [0.2, 0.25) is 0 Å². The fourth-order valence-corrected chi connectivity index (χ4v) is 2.85. The monoisotopic (exact) mass is 252 g/mol.